The molecule has 2 N–H and O–H groups in total. The molecule has 0 aromatic carbocycles. The van der Waals surface area contributed by atoms with E-state index in [-0.39, 0.29) is 11.8 Å². The Kier molecular flexibility index (Phi) is 4.27. The van der Waals surface area contributed by atoms with Gasteiger partial charge >= 0.3 is 18.1 Å². The third kappa shape index (κ3) is 3.27. The van der Waals surface area contributed by atoms with E-state index in [1.54, 1.807) is 0 Å². The molecule has 0 amide bonds. The number of nitrogens with one attached hydrogen (secondary N) is 2. The van der Waals surface area contributed by atoms with Crippen molar-refractivity contribution in [3.63, 3.8) is 0 Å². The number of hydrogen-bond acceptors (Lipinski definition) is 7. The number of hydrogen-bond donors (Lipinski definition) is 2. The molecule has 0 aromatic rings. The normalized spacial score (nSPS) is 26.9. The molecule has 0 spiro atoms. The summed E-state index contributed by atoms with van der Waals surface area (Å²) in [7, 11) is 0. The van der Waals surface area contributed by atoms with E-state index in [1.807, 2.05) is 0 Å². The van der Waals surface area contributed by atoms with Gasteiger partial charge in [-0.15, -0.1) is 0 Å². The van der Waals surface area contributed by atoms with E-state index in [0.29, 0.717) is 25.9 Å². The van der Waals surface area contributed by atoms with Crippen molar-refractivity contribution in [3.8, 4) is 0 Å². The second-order valence-corrected chi connectivity index (χ2v) is 4.47. The van der Waals surface area contributed by atoms with Gasteiger partial charge in [0.1, 0.15) is 0 Å². The first-order chi connectivity index (χ1) is 8.66. The highest BCUT2D eigenvalue weighted by Gasteiger charge is 2.30. The van der Waals surface area contributed by atoms with Gasteiger partial charge in [0.2, 0.25) is 0 Å². The summed E-state index contributed by atoms with van der Waals surface area (Å²) in [5.41, 5.74) is 0. The summed E-state index contributed by atoms with van der Waals surface area (Å²) in [4.78, 5) is 34.2. The summed E-state index contributed by atoms with van der Waals surface area (Å²) < 4.78 is 8.97. The van der Waals surface area contributed by atoms with Crippen molar-refractivity contribution in [1.29, 1.82) is 0 Å². The quantitative estimate of drug-likeness (QED) is 0.504. The Morgan fingerprint density at radius 1 is 0.833 bits per heavy atom. The van der Waals surface area contributed by atoms with Crippen molar-refractivity contribution in [2.45, 2.75) is 12.8 Å². The predicted molar refractivity (Wildman–Crippen MR) is 59.5 cm³/mol. The molecule has 2 heterocycles. The van der Waals surface area contributed by atoms with Crippen LogP contribution in [0.15, 0.2) is 0 Å². The average molecular weight is 256 g/mol. The lowest BCUT2D eigenvalue weighted by atomic mass is 10.1. The Morgan fingerprint density at radius 2 is 1.28 bits per heavy atom. The molecule has 2 aliphatic rings. The van der Waals surface area contributed by atoms with Gasteiger partial charge in [0, 0.05) is 13.1 Å². The van der Waals surface area contributed by atoms with Crippen LogP contribution in [0, 0.1) is 11.8 Å². The summed E-state index contributed by atoms with van der Waals surface area (Å²) in [6, 6.07) is 0. The third-order valence-electron chi connectivity index (χ3n) is 3.16. The third-order valence-corrected chi connectivity index (χ3v) is 3.16. The maximum atomic E-state index is 11.5. The Morgan fingerprint density at radius 3 is 1.61 bits per heavy atom. The van der Waals surface area contributed by atoms with Crippen molar-refractivity contribution >= 4 is 18.1 Å². The summed E-state index contributed by atoms with van der Waals surface area (Å²) in [5, 5.41) is 5.97. The number of carbonyl (C=O) groups is 3. The van der Waals surface area contributed by atoms with E-state index < -0.39 is 18.1 Å². The van der Waals surface area contributed by atoms with E-state index in [1.165, 1.54) is 0 Å². The lowest BCUT2D eigenvalue weighted by Gasteiger charge is -2.09. The Balaban J connectivity index is 1.73. The van der Waals surface area contributed by atoms with Gasteiger partial charge in [0.25, 0.3) is 0 Å². The zero-order valence-corrected chi connectivity index (χ0v) is 9.94. The molecule has 7 heteroatoms. The van der Waals surface area contributed by atoms with E-state index >= 15 is 0 Å². The zero-order chi connectivity index (χ0) is 13.0. The Bertz CT molecular complexity index is 313. The van der Waals surface area contributed by atoms with Crippen LogP contribution in [0.2, 0.25) is 0 Å². The SMILES string of the molecule is O=C(OC(=O)C1CCNC1)OC(=O)C1CCNC1. The molecule has 0 aliphatic carbocycles. The molecular formula is C11H16N2O5. The molecule has 0 aromatic heterocycles. The van der Waals surface area contributed by atoms with Crippen LogP contribution in [0.3, 0.4) is 0 Å². The molecule has 0 bridgehead atoms. The molecule has 2 atom stereocenters. The fourth-order valence-electron chi connectivity index (χ4n) is 2.06. The van der Waals surface area contributed by atoms with Crippen LogP contribution in [0.25, 0.3) is 0 Å². The minimum atomic E-state index is -1.22. The van der Waals surface area contributed by atoms with Crippen LogP contribution in [-0.4, -0.2) is 44.3 Å². The molecule has 0 saturated carbocycles. The van der Waals surface area contributed by atoms with Crippen LogP contribution in [0.4, 0.5) is 4.79 Å². The average Bonchev–Trinajstić information content (AvgIpc) is 3.02. The number of ether oxygens (including phenoxy) is 2. The summed E-state index contributed by atoms with van der Waals surface area (Å²) >= 11 is 0. The van der Waals surface area contributed by atoms with Crippen molar-refractivity contribution in [2.75, 3.05) is 26.2 Å². The van der Waals surface area contributed by atoms with Crippen molar-refractivity contribution in [2.24, 2.45) is 11.8 Å². The van der Waals surface area contributed by atoms with Gasteiger partial charge in [-0.25, -0.2) is 4.79 Å². The fraction of sp³-hybridized carbons (Fsp3) is 0.727. The van der Waals surface area contributed by atoms with Crippen LogP contribution < -0.4 is 10.6 Å². The maximum absolute atomic E-state index is 11.5. The molecule has 0 radical (unpaired) electrons. The molecular weight excluding hydrogens is 240 g/mol. The summed E-state index contributed by atoms with van der Waals surface area (Å²) in [5.74, 6) is -1.94. The Hall–Kier alpha value is -1.47. The van der Waals surface area contributed by atoms with E-state index in [2.05, 4.69) is 20.1 Å². The van der Waals surface area contributed by atoms with Gasteiger partial charge in [0.05, 0.1) is 11.8 Å². The summed E-state index contributed by atoms with van der Waals surface area (Å²) in [6.07, 6.45) is 0.0444. The lowest BCUT2D eigenvalue weighted by molar-refractivity contribution is -0.150. The van der Waals surface area contributed by atoms with E-state index in [9.17, 15) is 14.4 Å². The first-order valence-corrected chi connectivity index (χ1v) is 6.05. The molecule has 2 aliphatic heterocycles. The molecule has 2 unspecified atom stereocenters. The van der Waals surface area contributed by atoms with Crippen molar-refractivity contribution in [1.82, 2.24) is 10.6 Å². The zero-order valence-electron chi connectivity index (χ0n) is 9.94. The standard InChI is InChI=1S/C11H16N2O5/c14-9(7-1-3-12-5-7)17-11(16)18-10(15)8-2-4-13-6-8/h7-8,12-13H,1-6H2. The number of esters is 2. The smallest absolute Gasteiger partial charge is 0.360 e. The highest BCUT2D eigenvalue weighted by Crippen LogP contribution is 2.12. The largest absolute Gasteiger partial charge is 0.524 e. The van der Waals surface area contributed by atoms with Crippen LogP contribution in [0.1, 0.15) is 12.8 Å². The number of carbonyl (C=O) groups excluding carboxylic acids is 3. The molecule has 2 fully saturated rings. The molecule has 100 valence electrons. The Labute approximate surface area is 104 Å². The van der Waals surface area contributed by atoms with Gasteiger partial charge in [-0.3, -0.25) is 9.59 Å². The van der Waals surface area contributed by atoms with Gasteiger partial charge in [-0.2, -0.15) is 0 Å². The second-order valence-electron chi connectivity index (χ2n) is 4.47. The van der Waals surface area contributed by atoms with E-state index in [0.717, 1.165) is 13.1 Å². The molecule has 2 saturated heterocycles. The van der Waals surface area contributed by atoms with Crippen molar-refractivity contribution in [3.05, 3.63) is 0 Å². The van der Waals surface area contributed by atoms with Gasteiger partial charge in [0.15, 0.2) is 0 Å². The topological polar surface area (TPSA) is 93.7 Å². The van der Waals surface area contributed by atoms with Gasteiger partial charge in [-0.1, -0.05) is 0 Å². The van der Waals surface area contributed by atoms with Crippen LogP contribution in [0.5, 0.6) is 0 Å². The van der Waals surface area contributed by atoms with Crippen LogP contribution in [-0.2, 0) is 19.1 Å². The van der Waals surface area contributed by atoms with Crippen molar-refractivity contribution < 1.29 is 23.9 Å². The second kappa shape index (κ2) is 5.92. The predicted octanol–water partition coefficient (Wildman–Crippen LogP) is -0.588. The van der Waals surface area contributed by atoms with Crippen LogP contribution >= 0.6 is 0 Å². The fourth-order valence-corrected chi connectivity index (χ4v) is 2.06. The summed E-state index contributed by atoms with van der Waals surface area (Å²) in [6.45, 7) is 2.43. The molecule has 7 nitrogen and oxygen atoms in total. The first kappa shape index (κ1) is 13.0. The highest BCUT2D eigenvalue weighted by atomic mass is 16.8. The first-order valence-electron chi connectivity index (χ1n) is 6.05. The minimum Gasteiger partial charge on any atom is -0.360 e. The maximum Gasteiger partial charge on any atom is 0.524 e. The molecule has 2 rings (SSSR count). The highest BCUT2D eigenvalue weighted by molar-refractivity contribution is 5.90. The lowest BCUT2D eigenvalue weighted by Crippen LogP contribution is -2.27. The monoisotopic (exact) mass is 256 g/mol. The van der Waals surface area contributed by atoms with E-state index in [4.69, 9.17) is 0 Å². The van der Waals surface area contributed by atoms with Gasteiger partial charge < -0.3 is 20.1 Å². The molecule has 18 heavy (non-hydrogen) atoms. The number of rotatable bonds is 2. The van der Waals surface area contributed by atoms with Gasteiger partial charge in [-0.05, 0) is 25.9 Å². The minimum absolute atomic E-state index is 0.333.